The Morgan fingerprint density at radius 2 is 2.24 bits per heavy atom. The van der Waals surface area contributed by atoms with Gasteiger partial charge in [0.15, 0.2) is 0 Å². The van der Waals surface area contributed by atoms with E-state index in [1.54, 1.807) is 6.20 Å². The quantitative estimate of drug-likeness (QED) is 0.841. The third-order valence-corrected chi connectivity index (χ3v) is 4.90. The lowest BCUT2D eigenvalue weighted by molar-refractivity contribution is -0.117. The van der Waals surface area contributed by atoms with E-state index in [1.165, 1.54) is 5.56 Å². The summed E-state index contributed by atoms with van der Waals surface area (Å²) in [6.07, 6.45) is 2.76. The predicted octanol–water partition coefficient (Wildman–Crippen LogP) is 1.85. The zero-order valence-corrected chi connectivity index (χ0v) is 15.0. The van der Waals surface area contributed by atoms with E-state index < -0.39 is 0 Å². The Labute approximate surface area is 149 Å². The van der Waals surface area contributed by atoms with Crippen molar-refractivity contribution in [1.82, 2.24) is 14.7 Å². The Bertz CT molecular complexity index is 741. The van der Waals surface area contributed by atoms with Gasteiger partial charge in [0.05, 0.1) is 19.3 Å². The number of likely N-dealkylation sites (tertiary alicyclic amines) is 1. The van der Waals surface area contributed by atoms with Crippen LogP contribution in [0.4, 0.5) is 5.82 Å². The second kappa shape index (κ2) is 7.37. The largest absolute Gasteiger partial charge is 0.330 e. The van der Waals surface area contributed by atoms with Crippen LogP contribution in [0, 0.1) is 12.3 Å². The highest BCUT2D eigenvalue weighted by atomic mass is 16.2. The number of hydrogen-bond acceptors (Lipinski definition) is 4. The molecule has 6 heteroatoms. The van der Waals surface area contributed by atoms with Crippen LogP contribution < -0.4 is 11.1 Å². The number of carbonyl (C=O) groups is 1. The van der Waals surface area contributed by atoms with Crippen LogP contribution >= 0.6 is 0 Å². The molecule has 0 bridgehead atoms. The average Bonchev–Trinajstić information content (AvgIpc) is 3.15. The molecule has 0 saturated carbocycles. The molecule has 0 spiro atoms. The van der Waals surface area contributed by atoms with Crippen molar-refractivity contribution >= 4 is 11.7 Å². The lowest BCUT2D eigenvalue weighted by atomic mass is 9.90. The van der Waals surface area contributed by atoms with Gasteiger partial charge in [0.25, 0.3) is 0 Å². The highest BCUT2D eigenvalue weighted by Crippen LogP contribution is 2.28. The molecular formula is C19H27N5O. The summed E-state index contributed by atoms with van der Waals surface area (Å²) in [5.74, 6) is 0.722. The Balaban J connectivity index is 1.58. The number of rotatable bonds is 6. The van der Waals surface area contributed by atoms with Gasteiger partial charge in [-0.2, -0.15) is 5.10 Å². The summed E-state index contributed by atoms with van der Waals surface area (Å²) >= 11 is 0. The van der Waals surface area contributed by atoms with Gasteiger partial charge in [-0.25, -0.2) is 4.68 Å². The first-order valence-corrected chi connectivity index (χ1v) is 8.77. The van der Waals surface area contributed by atoms with Crippen LogP contribution in [0.25, 0.3) is 0 Å². The molecule has 3 rings (SSSR count). The fourth-order valence-corrected chi connectivity index (χ4v) is 3.36. The van der Waals surface area contributed by atoms with E-state index in [4.69, 9.17) is 5.73 Å². The predicted molar refractivity (Wildman–Crippen MR) is 99.4 cm³/mol. The van der Waals surface area contributed by atoms with Crippen molar-refractivity contribution < 1.29 is 4.79 Å². The fraction of sp³-hybridized carbons (Fsp3) is 0.474. The van der Waals surface area contributed by atoms with Crippen LogP contribution in [0.15, 0.2) is 36.5 Å². The second-order valence-electron chi connectivity index (χ2n) is 7.39. The molecule has 134 valence electrons. The van der Waals surface area contributed by atoms with Gasteiger partial charge in [-0.3, -0.25) is 9.69 Å². The number of nitrogens with two attached hydrogens (primary N) is 1. The maximum absolute atomic E-state index is 12.4. The van der Waals surface area contributed by atoms with Gasteiger partial charge in [-0.15, -0.1) is 0 Å². The zero-order chi connectivity index (χ0) is 17.9. The molecule has 1 fully saturated rings. The number of nitrogens with zero attached hydrogens (tertiary/aromatic N) is 3. The lowest BCUT2D eigenvalue weighted by Crippen LogP contribution is -2.35. The zero-order valence-electron chi connectivity index (χ0n) is 15.0. The Morgan fingerprint density at radius 1 is 1.40 bits per heavy atom. The van der Waals surface area contributed by atoms with Crippen LogP contribution in [0.3, 0.4) is 0 Å². The normalized spacial score (nSPS) is 20.8. The summed E-state index contributed by atoms with van der Waals surface area (Å²) in [6, 6.07) is 10.1. The monoisotopic (exact) mass is 341 g/mol. The number of anilines is 1. The van der Waals surface area contributed by atoms with Crippen LogP contribution in [-0.4, -0.2) is 46.8 Å². The number of amides is 1. The van der Waals surface area contributed by atoms with Crippen molar-refractivity contribution in [1.29, 1.82) is 0 Å². The average molecular weight is 341 g/mol. The molecule has 0 radical (unpaired) electrons. The molecule has 2 heterocycles. The number of aromatic nitrogens is 2. The van der Waals surface area contributed by atoms with Crippen molar-refractivity contribution in [2.75, 3.05) is 31.5 Å². The third kappa shape index (κ3) is 4.46. The maximum atomic E-state index is 12.4. The summed E-state index contributed by atoms with van der Waals surface area (Å²) in [4.78, 5) is 14.6. The second-order valence-corrected chi connectivity index (χ2v) is 7.39. The minimum Gasteiger partial charge on any atom is -0.330 e. The van der Waals surface area contributed by atoms with Crippen LogP contribution in [-0.2, 0) is 11.3 Å². The summed E-state index contributed by atoms with van der Waals surface area (Å²) < 4.78 is 1.82. The van der Waals surface area contributed by atoms with Crippen molar-refractivity contribution in [2.24, 2.45) is 11.1 Å². The van der Waals surface area contributed by atoms with E-state index in [0.29, 0.717) is 19.6 Å². The summed E-state index contributed by atoms with van der Waals surface area (Å²) in [5.41, 5.74) is 8.35. The number of aryl methyl sites for hydroxylation is 1. The molecule has 1 aromatic heterocycles. The molecule has 1 saturated heterocycles. The van der Waals surface area contributed by atoms with E-state index in [2.05, 4.69) is 47.4 Å². The molecule has 0 aliphatic carbocycles. The highest BCUT2D eigenvalue weighted by molar-refractivity contribution is 5.91. The third-order valence-electron chi connectivity index (χ3n) is 4.90. The van der Waals surface area contributed by atoms with Crippen molar-refractivity contribution in [3.63, 3.8) is 0 Å². The van der Waals surface area contributed by atoms with Gasteiger partial charge in [-0.1, -0.05) is 36.8 Å². The lowest BCUT2D eigenvalue weighted by Gasteiger charge is -2.22. The highest BCUT2D eigenvalue weighted by Gasteiger charge is 2.33. The molecule has 2 aromatic rings. The standard InChI is InChI=1S/C19H27N5O/c1-15-4-3-5-16(10-15)11-24-17(6-8-21-24)22-18(25)12-23-9-7-19(2,13-20)14-23/h3-6,8,10H,7,9,11-14,20H2,1-2H3,(H,22,25). The molecule has 3 N–H and O–H groups in total. The first-order chi connectivity index (χ1) is 12.0. The van der Waals surface area contributed by atoms with Crippen molar-refractivity contribution in [3.8, 4) is 0 Å². The smallest absolute Gasteiger partial charge is 0.239 e. The summed E-state index contributed by atoms with van der Waals surface area (Å²) in [5, 5.41) is 7.32. The minimum atomic E-state index is -0.00716. The van der Waals surface area contributed by atoms with Crippen LogP contribution in [0.1, 0.15) is 24.5 Å². The first-order valence-electron chi connectivity index (χ1n) is 8.77. The van der Waals surface area contributed by atoms with E-state index in [1.807, 2.05) is 16.8 Å². The van der Waals surface area contributed by atoms with Crippen LogP contribution in [0.2, 0.25) is 0 Å². The van der Waals surface area contributed by atoms with Crippen LogP contribution in [0.5, 0.6) is 0 Å². The van der Waals surface area contributed by atoms with E-state index in [9.17, 15) is 4.79 Å². The Morgan fingerprint density at radius 3 is 2.96 bits per heavy atom. The minimum absolute atomic E-state index is 0.00716. The Hall–Kier alpha value is -2.18. The molecular weight excluding hydrogens is 314 g/mol. The SMILES string of the molecule is Cc1cccc(Cn2nccc2NC(=O)CN2CCC(C)(CN)C2)c1. The Kier molecular flexibility index (Phi) is 5.20. The van der Waals surface area contributed by atoms with E-state index in [-0.39, 0.29) is 11.3 Å². The molecule has 1 unspecified atom stereocenters. The van der Waals surface area contributed by atoms with Gasteiger partial charge in [0.2, 0.25) is 5.91 Å². The molecule has 25 heavy (non-hydrogen) atoms. The maximum Gasteiger partial charge on any atom is 0.239 e. The van der Waals surface area contributed by atoms with Gasteiger partial charge in [-0.05, 0) is 37.4 Å². The summed E-state index contributed by atoms with van der Waals surface area (Å²) in [7, 11) is 0. The first kappa shape index (κ1) is 17.6. The molecule has 1 aliphatic rings. The van der Waals surface area contributed by atoms with E-state index >= 15 is 0 Å². The van der Waals surface area contributed by atoms with Gasteiger partial charge >= 0.3 is 0 Å². The van der Waals surface area contributed by atoms with Gasteiger partial charge in [0.1, 0.15) is 5.82 Å². The summed E-state index contributed by atoms with van der Waals surface area (Å²) in [6.45, 7) is 7.74. The number of benzene rings is 1. The van der Waals surface area contributed by atoms with E-state index in [0.717, 1.165) is 30.9 Å². The van der Waals surface area contributed by atoms with Gasteiger partial charge < -0.3 is 11.1 Å². The fourth-order valence-electron chi connectivity index (χ4n) is 3.36. The molecule has 6 nitrogen and oxygen atoms in total. The molecule has 1 aliphatic heterocycles. The molecule has 1 atom stereocenters. The number of nitrogens with one attached hydrogen (secondary N) is 1. The number of hydrogen-bond donors (Lipinski definition) is 2. The molecule has 1 amide bonds. The molecule has 1 aromatic carbocycles. The number of carbonyl (C=O) groups excluding carboxylic acids is 1. The van der Waals surface area contributed by atoms with Gasteiger partial charge in [0, 0.05) is 12.6 Å². The van der Waals surface area contributed by atoms with Crippen molar-refractivity contribution in [3.05, 3.63) is 47.7 Å². The van der Waals surface area contributed by atoms with Crippen molar-refractivity contribution in [2.45, 2.75) is 26.8 Å². The topological polar surface area (TPSA) is 76.2 Å².